The highest BCUT2D eigenvalue weighted by molar-refractivity contribution is 6.66. The highest BCUT2D eigenvalue weighted by atomic mass is 19.4. The first-order valence-corrected chi connectivity index (χ1v) is 6.15. The number of hydrogen-bond donors (Lipinski definition) is 0. The zero-order valence-corrected chi connectivity index (χ0v) is 10.8. The Hall–Kier alpha value is -1.77. The Morgan fingerprint density at radius 2 is 2.05 bits per heavy atom. The zero-order valence-electron chi connectivity index (χ0n) is 10.8. The monoisotopic (exact) mass is 288 g/mol. The molecule has 0 aromatic carbocycles. The van der Waals surface area contributed by atoms with E-state index in [2.05, 4.69) is 11.7 Å². The Balaban J connectivity index is 2.14. The van der Waals surface area contributed by atoms with Gasteiger partial charge in [-0.2, -0.15) is 5.10 Å². The minimum Gasteiger partial charge on any atom is -0.445 e. The van der Waals surface area contributed by atoms with Crippen molar-refractivity contribution in [1.29, 1.82) is 0 Å². The second-order valence-electron chi connectivity index (χ2n) is 4.54. The van der Waals surface area contributed by atoms with Crippen LogP contribution >= 0.6 is 0 Å². The van der Waals surface area contributed by atoms with E-state index < -0.39 is 24.6 Å². The van der Waals surface area contributed by atoms with Gasteiger partial charge < -0.3 is 22.6 Å². The number of nitrogens with zero attached hydrogens (tertiary/aromatic N) is 3. The molecule has 0 atom stereocenters. The highest BCUT2D eigenvalue weighted by Crippen LogP contribution is 2.19. The molecule has 1 aromatic heterocycles. The van der Waals surface area contributed by atoms with Crippen molar-refractivity contribution >= 4 is 12.7 Å². The van der Waals surface area contributed by atoms with Crippen molar-refractivity contribution in [3.05, 3.63) is 34.7 Å². The van der Waals surface area contributed by atoms with Gasteiger partial charge in [0.05, 0.1) is 25.1 Å². The van der Waals surface area contributed by atoms with E-state index in [1.165, 1.54) is 12.3 Å². The molecule has 0 bridgehead atoms. The van der Waals surface area contributed by atoms with E-state index in [0.29, 0.717) is 32.0 Å². The molecule has 1 aliphatic heterocycles. The van der Waals surface area contributed by atoms with E-state index in [0.717, 1.165) is 4.68 Å². The SMILES string of the molecule is C=C(Cn1ncc(N2CCOCC2)cc1=O)[B-](F)(F)F. The smallest absolute Gasteiger partial charge is 0.445 e. The Bertz CT molecular complexity index is 553. The van der Waals surface area contributed by atoms with Crippen LogP contribution in [0.5, 0.6) is 0 Å². The third-order valence-electron chi connectivity index (χ3n) is 3.05. The number of allylic oxidation sites excluding steroid dienone is 1. The number of hydrogen-bond acceptors (Lipinski definition) is 4. The molecule has 9 heteroatoms. The van der Waals surface area contributed by atoms with Gasteiger partial charge in [0, 0.05) is 25.7 Å². The van der Waals surface area contributed by atoms with Crippen molar-refractivity contribution in [3.8, 4) is 0 Å². The van der Waals surface area contributed by atoms with Crippen LogP contribution in [0.15, 0.2) is 29.1 Å². The van der Waals surface area contributed by atoms with Crippen molar-refractivity contribution in [3.63, 3.8) is 0 Å². The summed E-state index contributed by atoms with van der Waals surface area (Å²) in [6.07, 6.45) is 1.39. The first-order valence-electron chi connectivity index (χ1n) is 6.15. The third-order valence-corrected chi connectivity index (χ3v) is 3.05. The molecule has 0 unspecified atom stereocenters. The first kappa shape index (κ1) is 14.6. The Kier molecular flexibility index (Phi) is 4.17. The molecule has 0 amide bonds. The van der Waals surface area contributed by atoms with Gasteiger partial charge in [-0.3, -0.25) is 4.79 Å². The Morgan fingerprint density at radius 1 is 1.40 bits per heavy atom. The lowest BCUT2D eigenvalue weighted by molar-refractivity contribution is 0.122. The number of anilines is 1. The van der Waals surface area contributed by atoms with Crippen LogP contribution in [0.3, 0.4) is 0 Å². The van der Waals surface area contributed by atoms with Crippen molar-refractivity contribution in [1.82, 2.24) is 9.78 Å². The fraction of sp³-hybridized carbons (Fsp3) is 0.455. The standard InChI is InChI=1S/C11H14BF3N3O2/c1-9(12(13,14)15)8-18-11(19)6-10(7-16-18)17-2-4-20-5-3-17/h6-7H,1-5,8H2/q-1. The molecular formula is C11H14BF3N3O2-. The van der Waals surface area contributed by atoms with Gasteiger partial charge in [0.2, 0.25) is 0 Å². The summed E-state index contributed by atoms with van der Waals surface area (Å²) in [5.74, 6) is 0. The van der Waals surface area contributed by atoms with Crippen LogP contribution in [-0.4, -0.2) is 43.1 Å². The van der Waals surface area contributed by atoms with Crippen molar-refractivity contribution < 1.29 is 17.7 Å². The van der Waals surface area contributed by atoms with Crippen LogP contribution in [0.25, 0.3) is 0 Å². The summed E-state index contributed by atoms with van der Waals surface area (Å²) in [7, 11) is 0. The van der Waals surface area contributed by atoms with E-state index in [4.69, 9.17) is 4.74 Å². The lowest BCUT2D eigenvalue weighted by Crippen LogP contribution is -2.37. The number of rotatable bonds is 4. The molecule has 2 heterocycles. The zero-order chi connectivity index (χ0) is 14.8. The van der Waals surface area contributed by atoms with Crippen LogP contribution in [0.4, 0.5) is 18.6 Å². The second kappa shape index (κ2) is 5.70. The van der Waals surface area contributed by atoms with Crippen molar-refractivity contribution in [2.45, 2.75) is 6.54 Å². The van der Waals surface area contributed by atoms with E-state index in [9.17, 15) is 17.7 Å². The molecule has 0 radical (unpaired) electrons. The molecule has 110 valence electrons. The fourth-order valence-electron chi connectivity index (χ4n) is 1.83. The first-order chi connectivity index (χ1) is 9.38. The van der Waals surface area contributed by atoms with Gasteiger partial charge in [0.15, 0.2) is 0 Å². The lowest BCUT2D eigenvalue weighted by atomic mass is 9.80. The molecular weight excluding hydrogens is 274 g/mol. The summed E-state index contributed by atoms with van der Waals surface area (Å²) >= 11 is 0. The van der Waals surface area contributed by atoms with Gasteiger partial charge >= 0.3 is 6.98 Å². The van der Waals surface area contributed by atoms with Crippen LogP contribution in [0, 0.1) is 0 Å². The molecule has 1 aromatic rings. The maximum atomic E-state index is 12.4. The van der Waals surface area contributed by atoms with Gasteiger partial charge in [-0.1, -0.05) is 0 Å². The molecule has 0 aliphatic carbocycles. The molecule has 20 heavy (non-hydrogen) atoms. The van der Waals surface area contributed by atoms with E-state index >= 15 is 0 Å². The van der Waals surface area contributed by atoms with Crippen LogP contribution in [0.1, 0.15) is 0 Å². The molecule has 2 rings (SSSR count). The Labute approximate surface area is 113 Å². The van der Waals surface area contributed by atoms with E-state index in [1.54, 1.807) is 0 Å². The minimum absolute atomic E-state index is 0.552. The quantitative estimate of drug-likeness (QED) is 0.776. The Morgan fingerprint density at radius 3 is 2.60 bits per heavy atom. The lowest BCUT2D eigenvalue weighted by Gasteiger charge is -2.28. The summed E-state index contributed by atoms with van der Waals surface area (Å²) in [6.45, 7) is -0.479. The predicted molar refractivity (Wildman–Crippen MR) is 69.7 cm³/mol. The molecule has 0 spiro atoms. The third kappa shape index (κ3) is 3.41. The topological polar surface area (TPSA) is 47.4 Å². The number of aromatic nitrogens is 2. The molecule has 5 nitrogen and oxygen atoms in total. The van der Waals surface area contributed by atoms with Crippen LogP contribution in [-0.2, 0) is 11.3 Å². The maximum absolute atomic E-state index is 12.4. The largest absolute Gasteiger partial charge is 0.506 e. The van der Waals surface area contributed by atoms with Crippen molar-refractivity contribution in [2.24, 2.45) is 0 Å². The highest BCUT2D eigenvalue weighted by Gasteiger charge is 2.27. The molecule has 1 aliphatic rings. The molecule has 0 N–H and O–H groups in total. The average molecular weight is 288 g/mol. The molecule has 1 fully saturated rings. The molecule has 0 saturated carbocycles. The summed E-state index contributed by atoms with van der Waals surface area (Å²) in [5.41, 5.74) is -0.924. The van der Waals surface area contributed by atoms with Gasteiger partial charge in [-0.05, 0) is 0 Å². The van der Waals surface area contributed by atoms with Gasteiger partial charge in [0.1, 0.15) is 0 Å². The normalized spacial score (nSPS) is 16.2. The fourth-order valence-corrected chi connectivity index (χ4v) is 1.83. The second-order valence-corrected chi connectivity index (χ2v) is 4.54. The maximum Gasteiger partial charge on any atom is 0.506 e. The summed E-state index contributed by atoms with van der Waals surface area (Å²) in [4.78, 5) is 13.7. The van der Waals surface area contributed by atoms with Crippen LogP contribution < -0.4 is 10.5 Å². The minimum atomic E-state index is -5.16. The van der Waals surface area contributed by atoms with Gasteiger partial charge in [-0.25, -0.2) is 4.68 Å². The summed E-state index contributed by atoms with van der Waals surface area (Å²) in [6, 6.07) is 1.29. The van der Waals surface area contributed by atoms with Gasteiger partial charge in [-0.15, -0.1) is 12.1 Å². The molecule has 1 saturated heterocycles. The van der Waals surface area contributed by atoms with Gasteiger partial charge in [0.25, 0.3) is 5.56 Å². The predicted octanol–water partition coefficient (Wildman–Crippen LogP) is 1.02. The van der Waals surface area contributed by atoms with Crippen LogP contribution in [0.2, 0.25) is 0 Å². The van der Waals surface area contributed by atoms with E-state index in [1.807, 2.05) is 4.90 Å². The average Bonchev–Trinajstić information content (AvgIpc) is 2.41. The summed E-state index contributed by atoms with van der Waals surface area (Å²) in [5, 5.41) is 3.78. The summed E-state index contributed by atoms with van der Waals surface area (Å²) < 4.78 is 43.3. The number of ether oxygens (including phenoxy) is 1. The number of morpholine rings is 1. The van der Waals surface area contributed by atoms with E-state index in [-0.39, 0.29) is 0 Å². The number of halogens is 3. The van der Waals surface area contributed by atoms with Crippen molar-refractivity contribution in [2.75, 3.05) is 31.2 Å².